The van der Waals surface area contributed by atoms with Gasteiger partial charge in [0.1, 0.15) is 5.02 Å². The number of imide groups is 1. The maximum atomic E-state index is 15.2. The molecule has 15 nitrogen and oxygen atoms in total. The summed E-state index contributed by atoms with van der Waals surface area (Å²) in [5, 5.41) is 15.5. The molecule has 4 fully saturated rings. The summed E-state index contributed by atoms with van der Waals surface area (Å²) in [6.07, 6.45) is 4.76. The molecule has 3 N–H and O–H groups in total. The summed E-state index contributed by atoms with van der Waals surface area (Å²) in [7, 11) is 3.53. The van der Waals surface area contributed by atoms with Crippen LogP contribution in [0.3, 0.4) is 0 Å². The van der Waals surface area contributed by atoms with E-state index in [1.807, 2.05) is 36.0 Å². The molecule has 3 aromatic heterocycles. The largest absolute Gasteiger partial charge is 0.480 e. The molecule has 326 valence electrons. The van der Waals surface area contributed by atoms with Crippen LogP contribution in [0.15, 0.2) is 47.4 Å². The topological polar surface area (TPSA) is 155 Å². The number of anilines is 5. The molecule has 1 saturated carbocycles. The van der Waals surface area contributed by atoms with Gasteiger partial charge in [-0.2, -0.15) is 10.1 Å². The summed E-state index contributed by atoms with van der Waals surface area (Å²) >= 11 is 6.66. The number of piperidine rings is 2. The minimum absolute atomic E-state index is 0.107. The Labute approximate surface area is 361 Å². The maximum absolute atomic E-state index is 15.2. The molecule has 4 aliphatic heterocycles. The second kappa shape index (κ2) is 15.7. The van der Waals surface area contributed by atoms with Crippen molar-refractivity contribution in [2.45, 2.75) is 56.9 Å². The van der Waals surface area contributed by atoms with Gasteiger partial charge in [-0.25, -0.2) is 13.8 Å². The molecule has 10 rings (SSSR count). The number of hydrogen-bond donors (Lipinski definition) is 3. The Morgan fingerprint density at radius 2 is 1.79 bits per heavy atom. The zero-order valence-corrected chi connectivity index (χ0v) is 35.7. The lowest BCUT2D eigenvalue weighted by Crippen LogP contribution is -2.50. The molecule has 0 bridgehead atoms. The van der Waals surface area contributed by atoms with Crippen LogP contribution >= 0.6 is 11.6 Å². The van der Waals surface area contributed by atoms with Gasteiger partial charge in [0, 0.05) is 82.8 Å². The Morgan fingerprint density at radius 3 is 2.55 bits per heavy atom. The molecule has 2 amide bonds. The van der Waals surface area contributed by atoms with Gasteiger partial charge in [0.05, 0.1) is 46.3 Å². The first-order chi connectivity index (χ1) is 29.8. The minimum atomic E-state index is -3.13. The third-order valence-electron chi connectivity index (χ3n) is 13.6. The van der Waals surface area contributed by atoms with E-state index in [0.717, 1.165) is 74.5 Å². The van der Waals surface area contributed by atoms with Gasteiger partial charge in [0.15, 0.2) is 12.4 Å². The number of ether oxygens (including phenoxy) is 1. The predicted octanol–water partition coefficient (Wildman–Crippen LogP) is 5.64. The number of alkyl halides is 2. The summed E-state index contributed by atoms with van der Waals surface area (Å²) < 4.78 is 39.2. The highest BCUT2D eigenvalue weighted by Crippen LogP contribution is 2.46. The Morgan fingerprint density at radius 1 is 0.984 bits per heavy atom. The molecule has 5 aromatic rings. The number of aryl methyl sites for hydroxylation is 2. The summed E-state index contributed by atoms with van der Waals surface area (Å²) in [6.45, 7) is 7.63. The number of para-hydroxylation sites is 1. The van der Waals surface area contributed by atoms with E-state index in [1.165, 1.54) is 4.57 Å². The number of nitrogens with one attached hydrogen (secondary N) is 3. The number of carbonyl (C=O) groups is 2. The quantitative estimate of drug-likeness (QED) is 0.166. The second-order valence-corrected chi connectivity index (χ2v) is 18.2. The van der Waals surface area contributed by atoms with E-state index in [1.54, 1.807) is 19.3 Å². The number of benzene rings is 2. The van der Waals surface area contributed by atoms with Gasteiger partial charge in [-0.15, -0.1) is 0 Å². The predicted molar refractivity (Wildman–Crippen MR) is 234 cm³/mol. The molecular weight excluding hydrogens is 820 g/mol. The van der Waals surface area contributed by atoms with Gasteiger partial charge in [-0.1, -0.05) is 30.7 Å². The van der Waals surface area contributed by atoms with E-state index >= 15 is 8.78 Å². The van der Waals surface area contributed by atoms with E-state index in [-0.39, 0.29) is 29.2 Å². The average molecular weight is 870 g/mol. The van der Waals surface area contributed by atoms with Crippen molar-refractivity contribution in [2.24, 2.45) is 31.8 Å². The fourth-order valence-corrected chi connectivity index (χ4v) is 10.1. The monoisotopic (exact) mass is 869 g/mol. The molecule has 18 heteroatoms. The highest BCUT2D eigenvalue weighted by molar-refractivity contribution is 6.33. The average Bonchev–Trinajstić information content (AvgIpc) is 4.06. The van der Waals surface area contributed by atoms with Crippen molar-refractivity contribution in [3.63, 3.8) is 0 Å². The minimum Gasteiger partial charge on any atom is -0.480 e. The van der Waals surface area contributed by atoms with Gasteiger partial charge < -0.3 is 29.7 Å². The number of halogens is 3. The number of rotatable bonds is 8. The lowest BCUT2D eigenvalue weighted by Gasteiger charge is -2.42. The third kappa shape index (κ3) is 7.35. The SMILES string of the molecule is C[C@@H]1CN(c2ncc(Cl)c(Nc3ccc4c(c3)c3c(c(=O)n4C)OCC(F)(F)C(C4CC4)N3)n2)CC[C@@H]1CN1CCN(c2cccc3c(C4CCC(=O)NC4=O)nn(C)c23)CC1. The lowest BCUT2D eigenvalue weighted by atomic mass is 9.86. The van der Waals surface area contributed by atoms with Crippen molar-refractivity contribution in [1.29, 1.82) is 0 Å². The zero-order valence-electron chi connectivity index (χ0n) is 35.0. The number of carbonyl (C=O) groups excluding carboxylic acids is 2. The van der Waals surface area contributed by atoms with Crippen LogP contribution in [0.4, 0.5) is 37.6 Å². The molecule has 2 unspecified atom stereocenters. The Balaban J connectivity index is 0.791. The number of piperazine rings is 1. The molecule has 2 aromatic carbocycles. The number of amides is 2. The first-order valence-electron chi connectivity index (χ1n) is 21.6. The Hall–Kier alpha value is -5.55. The van der Waals surface area contributed by atoms with Crippen LogP contribution < -0.4 is 36.0 Å². The van der Waals surface area contributed by atoms with E-state index in [4.69, 9.17) is 26.4 Å². The molecule has 7 heterocycles. The van der Waals surface area contributed by atoms with Gasteiger partial charge in [-0.05, 0) is 67.7 Å². The highest BCUT2D eigenvalue weighted by atomic mass is 35.5. The summed E-state index contributed by atoms with van der Waals surface area (Å²) in [5.74, 6) is -2.50. The Bertz CT molecular complexity index is 2660. The van der Waals surface area contributed by atoms with E-state index in [9.17, 15) is 14.4 Å². The van der Waals surface area contributed by atoms with Gasteiger partial charge >= 0.3 is 5.92 Å². The summed E-state index contributed by atoms with van der Waals surface area (Å²) in [4.78, 5) is 54.5. The number of fused-ring (bicyclic) bond motifs is 4. The summed E-state index contributed by atoms with van der Waals surface area (Å²) in [6, 6.07) is 10.5. The summed E-state index contributed by atoms with van der Waals surface area (Å²) in [5.41, 5.74) is 3.84. The smallest absolute Gasteiger partial charge is 0.301 e. The van der Waals surface area contributed by atoms with Crippen molar-refractivity contribution >= 4 is 74.0 Å². The molecule has 0 radical (unpaired) electrons. The van der Waals surface area contributed by atoms with Gasteiger partial charge in [-0.3, -0.25) is 29.3 Å². The van der Waals surface area contributed by atoms with Crippen molar-refractivity contribution < 1.29 is 23.1 Å². The van der Waals surface area contributed by atoms with Crippen LogP contribution in [-0.2, 0) is 23.7 Å². The number of nitrogens with zero attached hydrogens (tertiary/aromatic N) is 8. The molecule has 5 aliphatic rings. The number of pyridine rings is 1. The van der Waals surface area contributed by atoms with E-state index in [0.29, 0.717) is 70.9 Å². The van der Waals surface area contributed by atoms with Crippen LogP contribution in [0.1, 0.15) is 50.6 Å². The van der Waals surface area contributed by atoms with Crippen molar-refractivity contribution in [2.75, 3.05) is 72.9 Å². The molecule has 0 spiro atoms. The van der Waals surface area contributed by atoms with Crippen LogP contribution in [0.25, 0.3) is 21.8 Å². The van der Waals surface area contributed by atoms with Crippen molar-refractivity contribution in [3.05, 3.63) is 63.7 Å². The van der Waals surface area contributed by atoms with Crippen molar-refractivity contribution in [1.82, 2.24) is 34.5 Å². The molecule has 62 heavy (non-hydrogen) atoms. The maximum Gasteiger partial charge on any atom is 0.301 e. The first-order valence-corrected chi connectivity index (χ1v) is 22.0. The van der Waals surface area contributed by atoms with Crippen LogP contribution in [0.2, 0.25) is 5.02 Å². The van der Waals surface area contributed by atoms with E-state index in [2.05, 4.69) is 48.6 Å². The number of hydrogen-bond acceptors (Lipinski definition) is 12. The molecule has 4 atom stereocenters. The van der Waals surface area contributed by atoms with Gasteiger partial charge in [0.25, 0.3) is 5.56 Å². The van der Waals surface area contributed by atoms with E-state index < -0.39 is 30.0 Å². The fraction of sp³-hybridized carbons (Fsp3) is 0.500. The third-order valence-corrected chi connectivity index (χ3v) is 13.9. The van der Waals surface area contributed by atoms with Gasteiger partial charge in [0.2, 0.25) is 23.5 Å². The number of aromatic nitrogens is 5. The normalized spacial score (nSPS) is 24.4. The zero-order chi connectivity index (χ0) is 43.0. The lowest BCUT2D eigenvalue weighted by molar-refractivity contribution is -0.134. The standard InChI is InChI=1S/C44H50ClF2N11O4/c1-24-21-58(14-13-26(24)22-56-15-17-57(18-16-56)33-6-4-5-28-35(53-55(3)37(28)33)29-10-12-34(59)50-41(29)60)43-48-20-31(45)40(52-43)49-27-9-11-32-30(19-27)36-38(42(61)54(32)2)62-23-44(46,47)39(51-36)25-7-8-25/h4-6,9,11,19-20,24-26,29,39,51H,7-8,10,12-18,21-23H2,1-3H3,(H,48,49,52)(H,50,59,60)/t24-,26-,29?,39?/m1/s1. The van der Waals surface area contributed by atoms with Crippen LogP contribution in [0, 0.1) is 17.8 Å². The molecular formula is C44H50ClF2N11O4. The highest BCUT2D eigenvalue weighted by Gasteiger charge is 2.51. The molecule has 3 saturated heterocycles. The first kappa shape index (κ1) is 40.5. The molecule has 1 aliphatic carbocycles. The second-order valence-electron chi connectivity index (χ2n) is 17.7. The van der Waals surface area contributed by atoms with Crippen LogP contribution in [0.5, 0.6) is 5.75 Å². The van der Waals surface area contributed by atoms with Crippen molar-refractivity contribution in [3.8, 4) is 5.75 Å². The fourth-order valence-electron chi connectivity index (χ4n) is 9.98. The van der Waals surface area contributed by atoms with Crippen LogP contribution in [-0.4, -0.2) is 105 Å². The Kier molecular flexibility index (Phi) is 10.2.